The van der Waals surface area contributed by atoms with E-state index in [0.29, 0.717) is 29.6 Å². The third-order valence-corrected chi connectivity index (χ3v) is 8.59. The second kappa shape index (κ2) is 10.7. The molecule has 1 atom stereocenters. The Hall–Kier alpha value is -3.49. The topological polar surface area (TPSA) is 92.4 Å². The molecule has 1 saturated carbocycles. The maximum absolute atomic E-state index is 12.0. The number of hydrogen-bond acceptors (Lipinski definition) is 6. The number of carboxylic acid groups (broad SMARTS) is 1. The van der Waals surface area contributed by atoms with E-state index in [1.807, 2.05) is 53.1 Å². The maximum Gasteiger partial charge on any atom is 0.306 e. The summed E-state index contributed by atoms with van der Waals surface area (Å²) in [6.45, 7) is 0. The number of carboxylic acids is 1. The van der Waals surface area contributed by atoms with E-state index in [0.717, 1.165) is 50.7 Å². The summed E-state index contributed by atoms with van der Waals surface area (Å²) >= 11 is 7.66. The van der Waals surface area contributed by atoms with Crippen molar-refractivity contribution in [3.63, 3.8) is 0 Å². The molecule has 2 aromatic carbocycles. The highest BCUT2D eigenvalue weighted by atomic mass is 35.5. The quantitative estimate of drug-likeness (QED) is 0.208. The summed E-state index contributed by atoms with van der Waals surface area (Å²) < 4.78 is 2.96. The third-order valence-electron chi connectivity index (χ3n) is 7.42. The maximum atomic E-state index is 12.0. The first-order valence-electron chi connectivity index (χ1n) is 13.0. The van der Waals surface area contributed by atoms with Crippen LogP contribution in [-0.4, -0.2) is 30.7 Å². The lowest BCUT2D eigenvalue weighted by molar-refractivity contribution is -0.142. The fraction of sp³-hybridized carbons (Fsp3) is 0.310. The highest BCUT2D eigenvalue weighted by Gasteiger charge is 2.26. The van der Waals surface area contributed by atoms with E-state index in [9.17, 15) is 9.90 Å². The minimum absolute atomic E-state index is 0.394. The third kappa shape index (κ3) is 5.37. The zero-order valence-electron chi connectivity index (χ0n) is 20.8. The minimum Gasteiger partial charge on any atom is -0.481 e. The van der Waals surface area contributed by atoms with Crippen molar-refractivity contribution in [3.05, 3.63) is 71.6 Å². The Morgan fingerprint density at radius 3 is 2.66 bits per heavy atom. The molecule has 0 radical (unpaired) electrons. The minimum atomic E-state index is -0.743. The predicted molar refractivity (Wildman–Crippen MR) is 152 cm³/mol. The number of halogens is 1. The molecule has 3 heterocycles. The SMILES string of the molecule is O=C(O)C(Cc1nnc2cc(-c3ccc(Nc4nc5ccc(Cl)cc5s4)cc3)ccn12)CC1CCCCC1. The average molecular weight is 546 g/mol. The van der Waals surface area contributed by atoms with Crippen LogP contribution in [0.4, 0.5) is 10.8 Å². The predicted octanol–water partition coefficient (Wildman–Crippen LogP) is 7.62. The van der Waals surface area contributed by atoms with Crippen molar-refractivity contribution in [2.45, 2.75) is 44.9 Å². The van der Waals surface area contributed by atoms with Crippen molar-refractivity contribution < 1.29 is 9.90 Å². The number of fused-ring (bicyclic) bond motifs is 2. The van der Waals surface area contributed by atoms with Crippen LogP contribution in [0, 0.1) is 11.8 Å². The molecule has 38 heavy (non-hydrogen) atoms. The number of anilines is 2. The molecule has 6 rings (SSSR count). The Labute approximate surface area is 229 Å². The number of thiazole rings is 1. The number of benzene rings is 2. The molecule has 3 aromatic heterocycles. The Balaban J connectivity index is 1.16. The first-order chi connectivity index (χ1) is 18.5. The average Bonchev–Trinajstić information content (AvgIpc) is 3.51. The highest BCUT2D eigenvalue weighted by molar-refractivity contribution is 7.22. The molecule has 0 saturated heterocycles. The lowest BCUT2D eigenvalue weighted by atomic mass is 9.82. The number of carbonyl (C=O) groups is 1. The summed E-state index contributed by atoms with van der Waals surface area (Å²) in [6.07, 6.45) is 9.01. The van der Waals surface area contributed by atoms with Crippen molar-refractivity contribution in [3.8, 4) is 11.1 Å². The van der Waals surface area contributed by atoms with Gasteiger partial charge in [-0.25, -0.2) is 4.98 Å². The number of aliphatic carboxylic acids is 1. The smallest absolute Gasteiger partial charge is 0.306 e. The van der Waals surface area contributed by atoms with Gasteiger partial charge in [-0.3, -0.25) is 9.20 Å². The molecule has 0 aliphatic heterocycles. The van der Waals surface area contributed by atoms with Gasteiger partial charge in [0.15, 0.2) is 10.8 Å². The molecule has 2 N–H and O–H groups in total. The molecule has 0 bridgehead atoms. The molecule has 1 fully saturated rings. The van der Waals surface area contributed by atoms with Gasteiger partial charge in [0.1, 0.15) is 5.82 Å². The van der Waals surface area contributed by atoms with Crippen LogP contribution in [-0.2, 0) is 11.2 Å². The molecule has 9 heteroatoms. The summed E-state index contributed by atoms with van der Waals surface area (Å²) in [5.74, 6) is 0.0256. The molecule has 7 nitrogen and oxygen atoms in total. The van der Waals surface area contributed by atoms with Gasteiger partial charge in [-0.15, -0.1) is 10.2 Å². The van der Waals surface area contributed by atoms with E-state index >= 15 is 0 Å². The van der Waals surface area contributed by atoms with Crippen LogP contribution < -0.4 is 5.32 Å². The van der Waals surface area contributed by atoms with Crippen molar-refractivity contribution in [1.29, 1.82) is 0 Å². The monoisotopic (exact) mass is 545 g/mol. The standard InChI is InChI=1S/C29H28ClN5O2S/c30-22-8-11-24-25(17-22)38-29(32-24)31-23-9-6-19(7-10-23)20-12-13-35-26(15-20)33-34-27(35)16-21(28(36)37)14-18-4-2-1-3-5-18/h6-13,15,17-18,21H,1-5,14,16H2,(H,31,32)(H,36,37). The largest absolute Gasteiger partial charge is 0.481 e. The Bertz CT molecular complexity index is 1590. The van der Waals surface area contributed by atoms with Crippen LogP contribution in [0.15, 0.2) is 60.8 Å². The fourth-order valence-electron chi connectivity index (χ4n) is 5.40. The molecule has 1 unspecified atom stereocenters. The summed E-state index contributed by atoms with van der Waals surface area (Å²) in [5, 5.41) is 23.5. The highest BCUT2D eigenvalue weighted by Crippen LogP contribution is 2.32. The molecular weight excluding hydrogens is 518 g/mol. The second-order valence-corrected chi connectivity index (χ2v) is 11.5. The van der Waals surface area contributed by atoms with Crippen LogP contribution in [0.3, 0.4) is 0 Å². The van der Waals surface area contributed by atoms with Crippen molar-refractivity contribution in [2.24, 2.45) is 11.8 Å². The van der Waals surface area contributed by atoms with Gasteiger partial charge < -0.3 is 10.4 Å². The zero-order chi connectivity index (χ0) is 26.1. The van der Waals surface area contributed by atoms with E-state index < -0.39 is 11.9 Å². The zero-order valence-corrected chi connectivity index (χ0v) is 22.4. The fourth-order valence-corrected chi connectivity index (χ4v) is 6.56. The van der Waals surface area contributed by atoms with Gasteiger partial charge >= 0.3 is 5.97 Å². The normalized spacial score (nSPS) is 15.2. The van der Waals surface area contributed by atoms with Gasteiger partial charge in [0.25, 0.3) is 0 Å². The first kappa shape index (κ1) is 24.8. The lowest BCUT2D eigenvalue weighted by Crippen LogP contribution is -2.22. The number of rotatable bonds is 8. The van der Waals surface area contributed by atoms with Gasteiger partial charge in [0, 0.05) is 23.3 Å². The Morgan fingerprint density at radius 1 is 1.05 bits per heavy atom. The van der Waals surface area contributed by atoms with Crippen molar-refractivity contribution in [1.82, 2.24) is 19.6 Å². The van der Waals surface area contributed by atoms with Crippen LogP contribution in [0.1, 0.15) is 44.3 Å². The summed E-state index contributed by atoms with van der Waals surface area (Å²) in [7, 11) is 0. The van der Waals surface area contributed by atoms with E-state index in [2.05, 4.69) is 32.6 Å². The molecule has 194 valence electrons. The second-order valence-electron chi connectivity index (χ2n) is 10.1. The van der Waals surface area contributed by atoms with E-state index in [-0.39, 0.29) is 0 Å². The number of aromatic nitrogens is 4. The van der Waals surface area contributed by atoms with Crippen molar-refractivity contribution in [2.75, 3.05) is 5.32 Å². The van der Waals surface area contributed by atoms with Gasteiger partial charge in [-0.05, 0) is 65.9 Å². The van der Waals surface area contributed by atoms with Crippen LogP contribution in [0.2, 0.25) is 5.02 Å². The number of nitrogens with zero attached hydrogens (tertiary/aromatic N) is 4. The van der Waals surface area contributed by atoms with E-state index in [4.69, 9.17) is 11.6 Å². The number of pyridine rings is 1. The Kier molecular flexibility index (Phi) is 7.00. The lowest BCUT2D eigenvalue weighted by Gasteiger charge is -2.24. The number of hydrogen-bond donors (Lipinski definition) is 2. The molecular formula is C29H28ClN5O2S. The molecule has 1 aliphatic carbocycles. The van der Waals surface area contributed by atoms with Gasteiger partial charge in [-0.1, -0.05) is 67.2 Å². The van der Waals surface area contributed by atoms with Crippen LogP contribution in [0.5, 0.6) is 0 Å². The molecule has 0 amide bonds. The Morgan fingerprint density at radius 2 is 1.87 bits per heavy atom. The summed E-state index contributed by atoms with van der Waals surface area (Å²) in [5.41, 5.74) is 4.66. The summed E-state index contributed by atoms with van der Waals surface area (Å²) in [4.78, 5) is 16.6. The van der Waals surface area contributed by atoms with Crippen molar-refractivity contribution >= 4 is 55.6 Å². The van der Waals surface area contributed by atoms with Crippen LogP contribution >= 0.6 is 22.9 Å². The van der Waals surface area contributed by atoms with Gasteiger partial charge in [-0.2, -0.15) is 0 Å². The number of nitrogens with one attached hydrogen (secondary N) is 1. The molecule has 0 spiro atoms. The summed E-state index contributed by atoms with van der Waals surface area (Å²) in [6, 6.07) is 17.9. The van der Waals surface area contributed by atoms with Crippen LogP contribution in [0.25, 0.3) is 27.0 Å². The molecule has 1 aliphatic rings. The first-order valence-corrected chi connectivity index (χ1v) is 14.2. The van der Waals surface area contributed by atoms with Gasteiger partial charge in [0.2, 0.25) is 0 Å². The van der Waals surface area contributed by atoms with Gasteiger partial charge in [0.05, 0.1) is 16.1 Å². The van der Waals surface area contributed by atoms with E-state index in [1.54, 1.807) is 11.3 Å². The molecule has 5 aromatic rings. The van der Waals surface area contributed by atoms with E-state index in [1.165, 1.54) is 19.3 Å².